The molecule has 2 rings (SSSR count). The molecule has 0 fully saturated rings. The molecule has 2 aromatic rings. The summed E-state index contributed by atoms with van der Waals surface area (Å²) in [7, 11) is 1.29. The molecule has 0 bridgehead atoms. The number of carbonyl (C=O) groups excluding carboxylic acids is 2. The van der Waals surface area contributed by atoms with Crippen molar-refractivity contribution in [2.45, 2.75) is 32.9 Å². The van der Waals surface area contributed by atoms with Crippen molar-refractivity contribution in [1.82, 2.24) is 20.3 Å². The Kier molecular flexibility index (Phi) is 6.06. The van der Waals surface area contributed by atoms with E-state index in [2.05, 4.69) is 20.4 Å². The van der Waals surface area contributed by atoms with E-state index in [-0.39, 0.29) is 23.6 Å². The summed E-state index contributed by atoms with van der Waals surface area (Å²) in [6.45, 7) is 4.21. The van der Waals surface area contributed by atoms with Crippen LogP contribution in [0.15, 0.2) is 36.5 Å². The number of benzene rings is 1. The third-order valence-corrected chi connectivity index (χ3v) is 3.62. The highest BCUT2D eigenvalue weighted by Gasteiger charge is 2.17. The molecule has 24 heavy (non-hydrogen) atoms. The van der Waals surface area contributed by atoms with Gasteiger partial charge in [0.05, 0.1) is 19.9 Å². The Morgan fingerprint density at radius 2 is 1.96 bits per heavy atom. The Bertz CT molecular complexity index is 684. The van der Waals surface area contributed by atoms with Crippen LogP contribution in [0.3, 0.4) is 0 Å². The number of hydrogen-bond donors (Lipinski definition) is 1. The maximum Gasteiger partial charge on any atom is 0.360 e. The van der Waals surface area contributed by atoms with E-state index in [4.69, 9.17) is 0 Å². The topological polar surface area (TPSA) is 86.1 Å². The summed E-state index contributed by atoms with van der Waals surface area (Å²) < 4.78 is 6.10. The van der Waals surface area contributed by atoms with Crippen LogP contribution in [-0.4, -0.2) is 40.0 Å². The van der Waals surface area contributed by atoms with Gasteiger partial charge < -0.3 is 10.1 Å². The van der Waals surface area contributed by atoms with Crippen LogP contribution in [0.1, 0.15) is 29.9 Å². The Hall–Kier alpha value is -2.70. The maximum absolute atomic E-state index is 12.3. The monoisotopic (exact) mass is 330 g/mol. The number of hydrogen-bond acceptors (Lipinski definition) is 5. The minimum Gasteiger partial charge on any atom is -0.464 e. The summed E-state index contributed by atoms with van der Waals surface area (Å²) in [5, 5.41) is 10.6. The lowest BCUT2D eigenvalue weighted by Gasteiger charge is -2.17. The fraction of sp³-hybridized carbons (Fsp3) is 0.412. The van der Waals surface area contributed by atoms with Gasteiger partial charge in [0.2, 0.25) is 5.91 Å². The smallest absolute Gasteiger partial charge is 0.360 e. The van der Waals surface area contributed by atoms with Crippen molar-refractivity contribution >= 4 is 11.9 Å². The number of methoxy groups -OCH3 is 1. The van der Waals surface area contributed by atoms with Crippen LogP contribution in [0.2, 0.25) is 0 Å². The SMILES string of the molecule is COC(=O)c1cn(CC(C)NC(=O)C(C)Cc2ccccc2)nn1. The molecule has 1 aromatic heterocycles. The molecule has 0 aliphatic rings. The van der Waals surface area contributed by atoms with Gasteiger partial charge in [-0.1, -0.05) is 42.5 Å². The first-order valence-electron chi connectivity index (χ1n) is 7.82. The first kappa shape index (κ1) is 17.7. The van der Waals surface area contributed by atoms with E-state index in [9.17, 15) is 9.59 Å². The molecular formula is C17H22N4O3. The van der Waals surface area contributed by atoms with Crippen LogP contribution in [0.5, 0.6) is 0 Å². The second-order valence-corrected chi connectivity index (χ2v) is 5.82. The standard InChI is InChI=1S/C17H22N4O3/c1-12(9-14-7-5-4-6-8-14)16(22)18-13(2)10-21-11-15(19-20-21)17(23)24-3/h4-8,11-13H,9-10H2,1-3H3,(H,18,22). The Labute approximate surface area is 141 Å². The Balaban J connectivity index is 1.84. The third kappa shape index (κ3) is 4.91. The van der Waals surface area contributed by atoms with Crippen molar-refractivity contribution in [2.24, 2.45) is 5.92 Å². The molecule has 0 radical (unpaired) electrons. The Morgan fingerprint density at radius 3 is 2.62 bits per heavy atom. The average Bonchev–Trinajstić information content (AvgIpc) is 3.03. The zero-order valence-electron chi connectivity index (χ0n) is 14.1. The molecule has 0 aliphatic heterocycles. The Morgan fingerprint density at radius 1 is 1.25 bits per heavy atom. The van der Waals surface area contributed by atoms with Gasteiger partial charge in [-0.05, 0) is 18.9 Å². The van der Waals surface area contributed by atoms with Gasteiger partial charge in [0, 0.05) is 12.0 Å². The van der Waals surface area contributed by atoms with Crippen molar-refractivity contribution in [2.75, 3.05) is 7.11 Å². The molecule has 0 saturated carbocycles. The number of ether oxygens (including phenoxy) is 1. The summed E-state index contributed by atoms with van der Waals surface area (Å²) in [5.74, 6) is -0.676. The fourth-order valence-electron chi connectivity index (χ4n) is 2.36. The highest BCUT2D eigenvalue weighted by atomic mass is 16.5. The first-order valence-corrected chi connectivity index (χ1v) is 7.82. The fourth-order valence-corrected chi connectivity index (χ4v) is 2.36. The largest absolute Gasteiger partial charge is 0.464 e. The second-order valence-electron chi connectivity index (χ2n) is 5.82. The van der Waals surface area contributed by atoms with E-state index >= 15 is 0 Å². The number of nitrogens with one attached hydrogen (secondary N) is 1. The molecule has 1 amide bonds. The van der Waals surface area contributed by atoms with Crippen LogP contribution in [0.4, 0.5) is 0 Å². The van der Waals surface area contributed by atoms with Gasteiger partial charge in [-0.25, -0.2) is 9.48 Å². The molecule has 0 aliphatic carbocycles. The van der Waals surface area contributed by atoms with Crippen LogP contribution < -0.4 is 5.32 Å². The average molecular weight is 330 g/mol. The predicted molar refractivity (Wildman–Crippen MR) is 88.3 cm³/mol. The normalized spacial score (nSPS) is 13.1. The van der Waals surface area contributed by atoms with Crippen molar-refractivity contribution in [3.05, 3.63) is 47.8 Å². The lowest BCUT2D eigenvalue weighted by atomic mass is 10.0. The molecule has 1 N–H and O–H groups in total. The number of aromatic nitrogens is 3. The zero-order valence-corrected chi connectivity index (χ0v) is 14.1. The highest BCUT2D eigenvalue weighted by molar-refractivity contribution is 5.86. The molecule has 0 spiro atoms. The van der Waals surface area contributed by atoms with Gasteiger partial charge in [-0.2, -0.15) is 0 Å². The maximum atomic E-state index is 12.3. The van der Waals surface area contributed by atoms with Gasteiger partial charge in [0.25, 0.3) is 0 Å². The van der Waals surface area contributed by atoms with Crippen LogP contribution in [0, 0.1) is 5.92 Å². The first-order chi connectivity index (χ1) is 11.5. The van der Waals surface area contributed by atoms with Gasteiger partial charge in [-0.3, -0.25) is 4.79 Å². The van der Waals surface area contributed by atoms with Crippen molar-refractivity contribution in [1.29, 1.82) is 0 Å². The van der Waals surface area contributed by atoms with Crippen molar-refractivity contribution in [3.63, 3.8) is 0 Å². The number of carbonyl (C=O) groups is 2. The van der Waals surface area contributed by atoms with Gasteiger partial charge in [0.15, 0.2) is 5.69 Å². The van der Waals surface area contributed by atoms with Gasteiger partial charge in [0.1, 0.15) is 0 Å². The van der Waals surface area contributed by atoms with E-state index in [0.717, 1.165) is 5.56 Å². The molecule has 1 aromatic carbocycles. The lowest BCUT2D eigenvalue weighted by molar-refractivity contribution is -0.125. The zero-order chi connectivity index (χ0) is 17.5. The van der Waals surface area contributed by atoms with E-state index in [1.54, 1.807) is 0 Å². The minimum absolute atomic E-state index is 0.0142. The number of nitrogens with zero attached hydrogens (tertiary/aromatic N) is 3. The van der Waals surface area contributed by atoms with Crippen LogP contribution in [-0.2, 0) is 22.5 Å². The summed E-state index contributed by atoms with van der Waals surface area (Å²) in [6, 6.07) is 9.77. The van der Waals surface area contributed by atoms with E-state index < -0.39 is 5.97 Å². The summed E-state index contributed by atoms with van der Waals surface area (Å²) >= 11 is 0. The van der Waals surface area contributed by atoms with Crippen LogP contribution >= 0.6 is 0 Å². The van der Waals surface area contributed by atoms with E-state index in [1.807, 2.05) is 44.2 Å². The van der Waals surface area contributed by atoms with Gasteiger partial charge in [-0.15, -0.1) is 5.10 Å². The van der Waals surface area contributed by atoms with Crippen molar-refractivity contribution in [3.8, 4) is 0 Å². The number of amides is 1. The lowest BCUT2D eigenvalue weighted by Crippen LogP contribution is -2.39. The predicted octanol–water partition coefficient (Wildman–Crippen LogP) is 1.45. The van der Waals surface area contributed by atoms with Crippen molar-refractivity contribution < 1.29 is 14.3 Å². The number of esters is 1. The summed E-state index contributed by atoms with van der Waals surface area (Å²) in [4.78, 5) is 23.6. The minimum atomic E-state index is -0.533. The molecule has 7 heteroatoms. The summed E-state index contributed by atoms with van der Waals surface area (Å²) in [6.07, 6.45) is 2.19. The number of rotatable bonds is 7. The highest BCUT2D eigenvalue weighted by Crippen LogP contribution is 2.08. The third-order valence-electron chi connectivity index (χ3n) is 3.62. The molecule has 2 atom stereocenters. The van der Waals surface area contributed by atoms with E-state index in [0.29, 0.717) is 13.0 Å². The van der Waals surface area contributed by atoms with E-state index in [1.165, 1.54) is 18.0 Å². The second kappa shape index (κ2) is 8.24. The molecule has 128 valence electrons. The molecule has 1 heterocycles. The van der Waals surface area contributed by atoms with Gasteiger partial charge >= 0.3 is 5.97 Å². The molecule has 7 nitrogen and oxygen atoms in total. The van der Waals surface area contributed by atoms with Crippen LogP contribution in [0.25, 0.3) is 0 Å². The quantitative estimate of drug-likeness (QED) is 0.777. The molecule has 0 saturated heterocycles. The molecule has 2 unspecified atom stereocenters. The summed E-state index contributed by atoms with van der Waals surface area (Å²) in [5.41, 5.74) is 1.28. The molecular weight excluding hydrogens is 308 g/mol.